The van der Waals surface area contributed by atoms with Gasteiger partial charge in [0.1, 0.15) is 11.5 Å². The van der Waals surface area contributed by atoms with E-state index in [4.69, 9.17) is 0 Å². The number of hydrogen-bond acceptors (Lipinski definition) is 4. The van der Waals surface area contributed by atoms with Crippen molar-refractivity contribution in [2.24, 2.45) is 0 Å². The van der Waals surface area contributed by atoms with Crippen LogP contribution in [0.5, 0.6) is 11.5 Å². The van der Waals surface area contributed by atoms with Crippen LogP contribution in [0.1, 0.15) is 24.0 Å². The quantitative estimate of drug-likeness (QED) is 0.129. The molecule has 1 heterocycles. The van der Waals surface area contributed by atoms with E-state index in [1.807, 2.05) is 6.07 Å². The molecule has 1 atom stereocenters. The number of phenols is 2. The van der Waals surface area contributed by atoms with E-state index in [0.717, 1.165) is 125 Å². The van der Waals surface area contributed by atoms with Crippen molar-refractivity contribution in [1.82, 2.24) is 10.2 Å². The van der Waals surface area contributed by atoms with Crippen molar-refractivity contribution in [3.8, 4) is 56.0 Å². The van der Waals surface area contributed by atoms with Crippen molar-refractivity contribution >= 4 is 43.1 Å². The molecule has 0 bridgehead atoms. The molecule has 0 aromatic heterocycles. The summed E-state index contributed by atoms with van der Waals surface area (Å²) in [6, 6.07) is 68.3. The third-order valence-corrected chi connectivity index (χ3v) is 13.3. The molecule has 11 rings (SSSR count). The molecular weight excluding hydrogens is 769 g/mol. The molecule has 4 nitrogen and oxygen atoms in total. The van der Waals surface area contributed by atoms with E-state index in [2.05, 4.69) is 198 Å². The van der Waals surface area contributed by atoms with Crippen LogP contribution in [-0.4, -0.2) is 34.2 Å². The second-order valence-corrected chi connectivity index (χ2v) is 17.0. The second-order valence-electron chi connectivity index (χ2n) is 17.0. The lowest BCUT2D eigenvalue weighted by Crippen LogP contribution is -2.37. The lowest BCUT2D eigenvalue weighted by Gasteiger charge is -2.27. The van der Waals surface area contributed by atoms with Gasteiger partial charge in [0.25, 0.3) is 0 Å². The molecule has 1 aliphatic rings. The summed E-state index contributed by atoms with van der Waals surface area (Å²) in [7, 11) is 0. The third-order valence-electron chi connectivity index (χ3n) is 13.3. The Kier molecular flexibility index (Phi) is 10.2. The van der Waals surface area contributed by atoms with Crippen molar-refractivity contribution in [3.63, 3.8) is 0 Å². The molecule has 0 spiro atoms. The average Bonchev–Trinajstić information content (AvgIpc) is 3.78. The fourth-order valence-corrected chi connectivity index (χ4v) is 10.3. The highest BCUT2D eigenvalue weighted by Crippen LogP contribution is 2.49. The zero-order valence-electron chi connectivity index (χ0n) is 35.1. The molecule has 0 radical (unpaired) electrons. The normalized spacial score (nSPS) is 14.3. The van der Waals surface area contributed by atoms with E-state index in [0.29, 0.717) is 24.6 Å². The Morgan fingerprint density at radius 1 is 0.444 bits per heavy atom. The predicted molar refractivity (Wildman–Crippen MR) is 263 cm³/mol. The Hall–Kier alpha value is -7.24. The van der Waals surface area contributed by atoms with Gasteiger partial charge in [0.2, 0.25) is 0 Å². The minimum atomic E-state index is 0.265. The van der Waals surface area contributed by atoms with Gasteiger partial charge in [-0.25, -0.2) is 0 Å². The van der Waals surface area contributed by atoms with Crippen molar-refractivity contribution in [1.29, 1.82) is 0 Å². The van der Waals surface area contributed by atoms with E-state index in [-0.39, 0.29) is 6.04 Å². The highest BCUT2D eigenvalue weighted by molar-refractivity contribution is 6.14. The summed E-state index contributed by atoms with van der Waals surface area (Å²) in [6.45, 7) is 2.87. The highest BCUT2D eigenvalue weighted by atomic mass is 16.3. The molecule has 1 fully saturated rings. The summed E-state index contributed by atoms with van der Waals surface area (Å²) < 4.78 is 0. The molecule has 10 aromatic rings. The fourth-order valence-electron chi connectivity index (χ4n) is 10.3. The van der Waals surface area contributed by atoms with Crippen LogP contribution >= 0.6 is 0 Å². The van der Waals surface area contributed by atoms with E-state index in [1.54, 1.807) is 0 Å². The van der Waals surface area contributed by atoms with E-state index in [9.17, 15) is 10.2 Å². The Bertz CT molecular complexity index is 3310. The summed E-state index contributed by atoms with van der Waals surface area (Å²) in [5.41, 5.74) is 10.1. The molecule has 63 heavy (non-hydrogen) atoms. The lowest BCUT2D eigenvalue weighted by molar-refractivity contribution is 0.236. The molecule has 0 aliphatic carbocycles. The first-order valence-corrected chi connectivity index (χ1v) is 22.2. The maximum absolute atomic E-state index is 12.6. The number of rotatable bonds is 10. The number of benzene rings is 10. The molecule has 1 saturated heterocycles. The highest BCUT2D eigenvalue weighted by Gasteiger charge is 2.28. The van der Waals surface area contributed by atoms with Gasteiger partial charge in [-0.3, -0.25) is 4.90 Å². The Morgan fingerprint density at radius 3 is 1.40 bits per heavy atom. The van der Waals surface area contributed by atoms with Crippen LogP contribution in [0.15, 0.2) is 194 Å². The van der Waals surface area contributed by atoms with Crippen LogP contribution in [-0.2, 0) is 13.1 Å². The minimum absolute atomic E-state index is 0.265. The lowest BCUT2D eigenvalue weighted by atomic mass is 9.86. The zero-order valence-corrected chi connectivity index (χ0v) is 35.1. The van der Waals surface area contributed by atoms with Gasteiger partial charge in [-0.05, 0) is 96.9 Å². The van der Waals surface area contributed by atoms with Gasteiger partial charge < -0.3 is 15.5 Å². The molecular formula is C59H48N2O2. The average molecular weight is 817 g/mol. The molecule has 306 valence electrons. The van der Waals surface area contributed by atoms with Crippen molar-refractivity contribution in [2.45, 2.75) is 32.0 Å². The van der Waals surface area contributed by atoms with Gasteiger partial charge in [0, 0.05) is 59.1 Å². The number of nitrogens with zero attached hydrogens (tertiary/aromatic N) is 1. The molecule has 10 aromatic carbocycles. The molecule has 1 aliphatic heterocycles. The molecule has 0 unspecified atom stereocenters. The van der Waals surface area contributed by atoms with E-state index in [1.165, 1.54) is 0 Å². The first-order chi connectivity index (χ1) is 31.1. The summed E-state index contributed by atoms with van der Waals surface area (Å²) in [5, 5.41) is 37.6. The molecule has 0 saturated carbocycles. The van der Waals surface area contributed by atoms with E-state index < -0.39 is 0 Å². The number of nitrogens with one attached hydrogen (secondary N) is 1. The molecule has 3 N–H and O–H groups in total. The summed E-state index contributed by atoms with van der Waals surface area (Å²) in [4.78, 5) is 2.52. The zero-order chi connectivity index (χ0) is 42.3. The Balaban J connectivity index is 0.928. The monoisotopic (exact) mass is 816 g/mol. The largest absolute Gasteiger partial charge is 0.507 e. The van der Waals surface area contributed by atoms with Crippen LogP contribution < -0.4 is 5.32 Å². The fraction of sp³-hybridized carbons (Fsp3) is 0.119. The number of aromatic hydroxyl groups is 2. The van der Waals surface area contributed by atoms with Gasteiger partial charge >= 0.3 is 0 Å². The number of likely N-dealkylation sites (tertiary alicyclic amines) is 1. The summed E-state index contributed by atoms with van der Waals surface area (Å²) in [5.74, 6) is 0.660. The minimum Gasteiger partial charge on any atom is -0.507 e. The van der Waals surface area contributed by atoms with Gasteiger partial charge in [-0.1, -0.05) is 182 Å². The van der Waals surface area contributed by atoms with Gasteiger partial charge in [-0.15, -0.1) is 0 Å². The topological polar surface area (TPSA) is 55.7 Å². The van der Waals surface area contributed by atoms with Crippen LogP contribution in [0.25, 0.3) is 87.6 Å². The maximum Gasteiger partial charge on any atom is 0.128 e. The molecule has 0 amide bonds. The first kappa shape index (κ1) is 38.7. The van der Waals surface area contributed by atoms with Crippen LogP contribution in [0, 0.1) is 0 Å². The third kappa shape index (κ3) is 7.08. The molecule has 4 heteroatoms. The summed E-state index contributed by atoms with van der Waals surface area (Å²) in [6.07, 6.45) is 2.14. The smallest absolute Gasteiger partial charge is 0.128 e. The van der Waals surface area contributed by atoms with Crippen molar-refractivity contribution < 1.29 is 10.2 Å². The standard InChI is InChI=1S/C59H48N2O2/c62-58-45(34-43-22-9-13-27-50(43)56(58)54-48-25-11-7-20-41(48)29-31-52(54)39-16-3-1-4-17-39)36-60-37-47-24-15-33-61(47)38-46-35-44-23-10-14-28-51(44)57(59(46)63)55-49-26-12-8-21-42(49)30-32-53(55)40-18-5-2-6-19-40/h1-14,16-23,25-32,34-35,47,60,62-63H,15,24,33,36-38H2/t47-/m0/s1. The first-order valence-electron chi connectivity index (χ1n) is 22.2. The van der Waals surface area contributed by atoms with Crippen molar-refractivity contribution in [2.75, 3.05) is 13.1 Å². The number of fused-ring (bicyclic) bond motifs is 4. The van der Waals surface area contributed by atoms with E-state index >= 15 is 0 Å². The SMILES string of the molecule is Oc1c(CNC[C@@H]2CCCN2Cc2cc3ccccc3c(-c3c(-c4ccccc4)ccc4ccccc34)c2O)cc2ccccc2c1-c1c(-c2ccccc2)ccc2ccccc12. The Morgan fingerprint density at radius 2 is 0.873 bits per heavy atom. The number of phenolic OH excluding ortho intramolecular Hbond substituents is 2. The van der Waals surface area contributed by atoms with Gasteiger partial charge in [-0.2, -0.15) is 0 Å². The van der Waals surface area contributed by atoms with Gasteiger partial charge in [0.05, 0.1) is 0 Å². The maximum atomic E-state index is 12.6. The second kappa shape index (κ2) is 16.6. The van der Waals surface area contributed by atoms with Gasteiger partial charge in [0.15, 0.2) is 0 Å². The predicted octanol–water partition coefficient (Wildman–Crippen LogP) is 14.1. The van der Waals surface area contributed by atoms with Crippen molar-refractivity contribution in [3.05, 3.63) is 205 Å². The van der Waals surface area contributed by atoms with Crippen LogP contribution in [0.2, 0.25) is 0 Å². The number of hydrogen-bond donors (Lipinski definition) is 3. The van der Waals surface area contributed by atoms with Crippen LogP contribution in [0.3, 0.4) is 0 Å². The Labute approximate surface area is 368 Å². The summed E-state index contributed by atoms with van der Waals surface area (Å²) >= 11 is 0. The van der Waals surface area contributed by atoms with Crippen LogP contribution in [0.4, 0.5) is 0 Å².